The summed E-state index contributed by atoms with van der Waals surface area (Å²) in [5.41, 5.74) is 5.80. The molecule has 0 aliphatic heterocycles. The lowest BCUT2D eigenvalue weighted by molar-refractivity contribution is -0.138. The minimum Gasteiger partial charge on any atom is -0.480 e. The summed E-state index contributed by atoms with van der Waals surface area (Å²) in [5, 5.41) is 15.9. The predicted octanol–water partition coefficient (Wildman–Crippen LogP) is -0.794. The highest BCUT2D eigenvalue weighted by atomic mass is 16.4. The Morgan fingerprint density at radius 1 is 0.960 bits per heavy atom. The zero-order chi connectivity index (χ0) is 19.7. The van der Waals surface area contributed by atoms with E-state index in [1.54, 1.807) is 20.8 Å². The maximum atomic E-state index is 12.5. The van der Waals surface area contributed by atoms with E-state index >= 15 is 0 Å². The average molecular weight is 358 g/mol. The Kier molecular flexibility index (Phi) is 9.73. The van der Waals surface area contributed by atoms with E-state index in [2.05, 4.69) is 16.0 Å². The molecule has 0 spiro atoms. The van der Waals surface area contributed by atoms with Crippen molar-refractivity contribution in [3.8, 4) is 0 Å². The van der Waals surface area contributed by atoms with Crippen molar-refractivity contribution in [1.29, 1.82) is 0 Å². The van der Waals surface area contributed by atoms with Gasteiger partial charge in [0.25, 0.3) is 0 Å². The van der Waals surface area contributed by atoms with E-state index in [-0.39, 0.29) is 11.8 Å². The summed E-state index contributed by atoms with van der Waals surface area (Å²) in [7, 11) is 0. The summed E-state index contributed by atoms with van der Waals surface area (Å²) in [6.07, 6.45) is 0.634. The summed E-state index contributed by atoms with van der Waals surface area (Å²) in [5.74, 6) is -3.00. The van der Waals surface area contributed by atoms with Crippen molar-refractivity contribution in [3.05, 3.63) is 0 Å². The van der Waals surface area contributed by atoms with Crippen LogP contribution in [0.5, 0.6) is 0 Å². The quantitative estimate of drug-likeness (QED) is 0.345. The second-order valence-electron chi connectivity index (χ2n) is 6.48. The molecule has 9 heteroatoms. The van der Waals surface area contributed by atoms with Crippen LogP contribution in [0.3, 0.4) is 0 Å². The van der Waals surface area contributed by atoms with Crippen molar-refractivity contribution in [1.82, 2.24) is 16.0 Å². The Balaban J connectivity index is 4.92. The number of carboxylic acid groups (broad SMARTS) is 1. The zero-order valence-electron chi connectivity index (χ0n) is 15.5. The highest BCUT2D eigenvalue weighted by molar-refractivity contribution is 5.93. The van der Waals surface area contributed by atoms with Gasteiger partial charge in [-0.1, -0.05) is 34.1 Å². The van der Waals surface area contributed by atoms with Crippen molar-refractivity contribution < 1.29 is 24.3 Å². The topological polar surface area (TPSA) is 151 Å². The van der Waals surface area contributed by atoms with Crippen LogP contribution in [0.1, 0.15) is 41.0 Å². The minimum atomic E-state index is -1.18. The molecule has 0 aliphatic rings. The highest BCUT2D eigenvalue weighted by Crippen LogP contribution is 2.09. The van der Waals surface area contributed by atoms with Crippen LogP contribution < -0.4 is 21.7 Å². The molecular weight excluding hydrogens is 328 g/mol. The Labute approximate surface area is 148 Å². The Hall–Kier alpha value is -2.16. The Bertz CT molecular complexity index is 495. The lowest BCUT2D eigenvalue weighted by Crippen LogP contribution is -2.57. The predicted molar refractivity (Wildman–Crippen MR) is 92.4 cm³/mol. The fourth-order valence-electron chi connectivity index (χ4n) is 1.94. The largest absolute Gasteiger partial charge is 0.480 e. The minimum absolute atomic E-state index is 0.0821. The lowest BCUT2D eigenvalue weighted by Gasteiger charge is -2.27. The van der Waals surface area contributed by atoms with Gasteiger partial charge in [-0.3, -0.25) is 19.2 Å². The molecule has 3 amide bonds. The van der Waals surface area contributed by atoms with Crippen LogP contribution in [0.15, 0.2) is 0 Å². The van der Waals surface area contributed by atoms with Gasteiger partial charge in [-0.05, 0) is 18.8 Å². The van der Waals surface area contributed by atoms with Gasteiger partial charge < -0.3 is 26.8 Å². The van der Waals surface area contributed by atoms with Crippen molar-refractivity contribution in [2.24, 2.45) is 17.6 Å². The first kappa shape index (κ1) is 22.8. The van der Waals surface area contributed by atoms with E-state index in [9.17, 15) is 19.2 Å². The molecule has 4 atom stereocenters. The molecule has 0 radical (unpaired) electrons. The van der Waals surface area contributed by atoms with Crippen LogP contribution in [-0.2, 0) is 19.2 Å². The summed E-state index contributed by atoms with van der Waals surface area (Å²) in [4.78, 5) is 46.8. The summed E-state index contributed by atoms with van der Waals surface area (Å²) >= 11 is 0. The molecule has 0 heterocycles. The Morgan fingerprint density at radius 2 is 1.52 bits per heavy atom. The second kappa shape index (κ2) is 10.7. The van der Waals surface area contributed by atoms with Crippen LogP contribution in [0, 0.1) is 11.8 Å². The number of carbonyl (C=O) groups is 4. The first-order valence-electron chi connectivity index (χ1n) is 8.37. The van der Waals surface area contributed by atoms with Crippen LogP contribution in [0.4, 0.5) is 0 Å². The van der Waals surface area contributed by atoms with E-state index in [0.29, 0.717) is 6.42 Å². The number of rotatable bonds is 10. The molecule has 0 saturated heterocycles. The molecule has 0 aromatic carbocycles. The number of hydrogen-bond donors (Lipinski definition) is 5. The third-order valence-electron chi connectivity index (χ3n) is 3.98. The van der Waals surface area contributed by atoms with E-state index in [0.717, 1.165) is 0 Å². The molecule has 0 aliphatic carbocycles. The first-order valence-corrected chi connectivity index (χ1v) is 8.37. The highest BCUT2D eigenvalue weighted by Gasteiger charge is 2.30. The van der Waals surface area contributed by atoms with E-state index < -0.39 is 48.4 Å². The van der Waals surface area contributed by atoms with Crippen LogP contribution in [0.2, 0.25) is 0 Å². The maximum absolute atomic E-state index is 12.5. The Morgan fingerprint density at radius 3 is 1.96 bits per heavy atom. The monoisotopic (exact) mass is 358 g/mol. The number of nitrogens with one attached hydrogen (secondary N) is 3. The number of carbonyl (C=O) groups excluding carboxylic acids is 3. The second-order valence-corrected chi connectivity index (χ2v) is 6.48. The van der Waals surface area contributed by atoms with Gasteiger partial charge in [0, 0.05) is 0 Å². The summed E-state index contributed by atoms with van der Waals surface area (Å²) < 4.78 is 0. The molecule has 0 bridgehead atoms. The maximum Gasteiger partial charge on any atom is 0.322 e. The standard InChI is InChI=1S/C16H30N4O5/c1-6-9(4)13(20-15(24)12(17)8(2)3)16(25)19-10(5)14(23)18-7-11(21)22/h8-10,12-13H,6-7,17H2,1-5H3,(H,18,23)(H,19,25)(H,20,24)(H,21,22). The number of carboxylic acids is 1. The number of aliphatic carboxylic acids is 1. The lowest BCUT2D eigenvalue weighted by atomic mass is 9.96. The number of amides is 3. The van der Waals surface area contributed by atoms with E-state index in [4.69, 9.17) is 10.8 Å². The molecule has 0 saturated carbocycles. The average Bonchev–Trinajstić information content (AvgIpc) is 2.55. The summed E-state index contributed by atoms with van der Waals surface area (Å²) in [6.45, 7) is 8.19. The van der Waals surface area contributed by atoms with Crippen LogP contribution in [-0.4, -0.2) is 53.5 Å². The van der Waals surface area contributed by atoms with Gasteiger partial charge in [-0.25, -0.2) is 0 Å². The van der Waals surface area contributed by atoms with Gasteiger partial charge in [0.05, 0.1) is 6.04 Å². The van der Waals surface area contributed by atoms with Gasteiger partial charge in [-0.2, -0.15) is 0 Å². The molecular formula is C16H30N4O5. The normalized spacial score (nSPS) is 15.6. The molecule has 0 aromatic rings. The van der Waals surface area contributed by atoms with Gasteiger partial charge >= 0.3 is 5.97 Å². The molecule has 0 fully saturated rings. The SMILES string of the molecule is CCC(C)C(NC(=O)C(N)C(C)C)C(=O)NC(C)C(=O)NCC(=O)O. The zero-order valence-corrected chi connectivity index (χ0v) is 15.5. The molecule has 144 valence electrons. The van der Waals surface area contributed by atoms with E-state index in [1.165, 1.54) is 6.92 Å². The van der Waals surface area contributed by atoms with Crippen molar-refractivity contribution >= 4 is 23.7 Å². The number of hydrogen-bond acceptors (Lipinski definition) is 5. The van der Waals surface area contributed by atoms with Gasteiger partial charge in [0.1, 0.15) is 18.6 Å². The molecule has 25 heavy (non-hydrogen) atoms. The molecule has 0 rings (SSSR count). The third kappa shape index (κ3) is 7.97. The van der Waals surface area contributed by atoms with E-state index in [1.807, 2.05) is 6.92 Å². The third-order valence-corrected chi connectivity index (χ3v) is 3.98. The molecule has 9 nitrogen and oxygen atoms in total. The van der Waals surface area contributed by atoms with Crippen molar-refractivity contribution in [3.63, 3.8) is 0 Å². The molecule has 6 N–H and O–H groups in total. The van der Waals surface area contributed by atoms with Gasteiger partial charge in [-0.15, -0.1) is 0 Å². The van der Waals surface area contributed by atoms with Crippen LogP contribution >= 0.6 is 0 Å². The summed E-state index contributed by atoms with van der Waals surface area (Å²) in [6, 6.07) is -2.51. The van der Waals surface area contributed by atoms with Gasteiger partial charge in [0.15, 0.2) is 0 Å². The number of nitrogens with two attached hydrogens (primary N) is 1. The fraction of sp³-hybridized carbons (Fsp3) is 0.750. The molecule has 0 aromatic heterocycles. The van der Waals surface area contributed by atoms with Crippen molar-refractivity contribution in [2.75, 3.05) is 6.54 Å². The molecule has 4 unspecified atom stereocenters. The van der Waals surface area contributed by atoms with Crippen molar-refractivity contribution in [2.45, 2.75) is 59.2 Å². The van der Waals surface area contributed by atoms with Gasteiger partial charge in [0.2, 0.25) is 17.7 Å². The smallest absolute Gasteiger partial charge is 0.322 e. The fourth-order valence-corrected chi connectivity index (χ4v) is 1.94. The first-order chi connectivity index (χ1) is 11.5. The van der Waals surface area contributed by atoms with Crippen LogP contribution in [0.25, 0.3) is 0 Å².